The number of hydrogen-bond acceptors (Lipinski definition) is 5. The highest BCUT2D eigenvalue weighted by molar-refractivity contribution is 5.69. The van der Waals surface area contributed by atoms with Crippen molar-refractivity contribution in [2.24, 2.45) is 0 Å². The molecule has 0 aliphatic carbocycles. The van der Waals surface area contributed by atoms with E-state index < -0.39 is 0 Å². The molecule has 1 aliphatic rings. The predicted molar refractivity (Wildman–Crippen MR) is 57.9 cm³/mol. The van der Waals surface area contributed by atoms with Gasteiger partial charge in [-0.3, -0.25) is 14.5 Å². The molecule has 0 aromatic carbocycles. The van der Waals surface area contributed by atoms with Crippen LogP contribution in [0.5, 0.6) is 0 Å². The molecule has 0 N–H and O–H groups in total. The molecule has 1 saturated heterocycles. The van der Waals surface area contributed by atoms with Crippen LogP contribution in [-0.4, -0.2) is 49.7 Å². The third-order valence-corrected chi connectivity index (χ3v) is 2.68. The summed E-state index contributed by atoms with van der Waals surface area (Å²) in [5.74, 6) is -0.353. The Morgan fingerprint density at radius 3 is 2.75 bits per heavy atom. The van der Waals surface area contributed by atoms with Crippen LogP contribution in [0.2, 0.25) is 0 Å². The lowest BCUT2D eigenvalue weighted by Crippen LogP contribution is -2.27. The molecule has 1 aliphatic heterocycles. The minimum absolute atomic E-state index is 0.00917. The number of rotatable bonds is 5. The monoisotopic (exact) mass is 229 g/mol. The summed E-state index contributed by atoms with van der Waals surface area (Å²) < 4.78 is 9.79. The fraction of sp³-hybridized carbons (Fsp3) is 0.818. The van der Waals surface area contributed by atoms with Gasteiger partial charge in [0, 0.05) is 26.1 Å². The second-order valence-electron chi connectivity index (χ2n) is 3.88. The molecule has 0 aromatic heterocycles. The van der Waals surface area contributed by atoms with E-state index in [1.807, 2.05) is 0 Å². The van der Waals surface area contributed by atoms with E-state index >= 15 is 0 Å². The van der Waals surface area contributed by atoms with Crippen molar-refractivity contribution in [2.75, 3.05) is 26.7 Å². The Balaban J connectivity index is 2.19. The summed E-state index contributed by atoms with van der Waals surface area (Å²) in [6.07, 6.45) is 1.65. The van der Waals surface area contributed by atoms with Crippen molar-refractivity contribution >= 4 is 11.9 Å². The Morgan fingerprint density at radius 1 is 1.38 bits per heavy atom. The summed E-state index contributed by atoms with van der Waals surface area (Å²) in [7, 11) is 1.39. The van der Waals surface area contributed by atoms with Gasteiger partial charge in [0.15, 0.2) is 0 Å². The molecular weight excluding hydrogens is 210 g/mol. The van der Waals surface area contributed by atoms with Crippen molar-refractivity contribution < 1.29 is 19.1 Å². The predicted octanol–water partition coefficient (Wildman–Crippen LogP) is 0.577. The summed E-state index contributed by atoms with van der Waals surface area (Å²) in [6.45, 7) is 4.06. The maximum atomic E-state index is 11.1. The van der Waals surface area contributed by atoms with E-state index in [-0.39, 0.29) is 18.0 Å². The van der Waals surface area contributed by atoms with E-state index in [1.54, 1.807) is 6.92 Å². The fourth-order valence-corrected chi connectivity index (χ4v) is 1.72. The van der Waals surface area contributed by atoms with Crippen LogP contribution in [0.4, 0.5) is 0 Å². The zero-order valence-corrected chi connectivity index (χ0v) is 9.90. The van der Waals surface area contributed by atoms with Gasteiger partial charge in [0.1, 0.15) is 6.10 Å². The number of carbonyl (C=O) groups excluding carboxylic acids is 2. The van der Waals surface area contributed by atoms with Gasteiger partial charge in [0.05, 0.1) is 13.5 Å². The zero-order chi connectivity index (χ0) is 12.0. The number of methoxy groups -OCH3 is 1. The second kappa shape index (κ2) is 6.48. The van der Waals surface area contributed by atoms with E-state index in [1.165, 1.54) is 7.11 Å². The molecule has 1 rings (SSSR count). The van der Waals surface area contributed by atoms with Gasteiger partial charge in [-0.2, -0.15) is 0 Å². The van der Waals surface area contributed by atoms with Gasteiger partial charge in [-0.15, -0.1) is 0 Å². The molecule has 0 radical (unpaired) electrons. The standard InChI is InChI=1S/C11H19NO4/c1-3-10(13)16-9-4-6-12(8-9)7-5-11(14)15-2/h9H,3-8H2,1-2H3. The van der Waals surface area contributed by atoms with Crippen LogP contribution in [0.15, 0.2) is 0 Å². The lowest BCUT2D eigenvalue weighted by Gasteiger charge is -2.15. The molecule has 0 saturated carbocycles. The van der Waals surface area contributed by atoms with Crippen LogP contribution >= 0.6 is 0 Å². The minimum Gasteiger partial charge on any atom is -0.469 e. The average Bonchev–Trinajstić information content (AvgIpc) is 2.73. The molecule has 16 heavy (non-hydrogen) atoms. The summed E-state index contributed by atoms with van der Waals surface area (Å²) in [5, 5.41) is 0. The quantitative estimate of drug-likeness (QED) is 0.645. The molecule has 1 fully saturated rings. The summed E-state index contributed by atoms with van der Waals surface area (Å²) >= 11 is 0. The molecule has 0 spiro atoms. The number of nitrogens with zero attached hydrogens (tertiary/aromatic N) is 1. The van der Waals surface area contributed by atoms with Crippen LogP contribution in [0.1, 0.15) is 26.2 Å². The van der Waals surface area contributed by atoms with Crippen LogP contribution in [0.25, 0.3) is 0 Å². The molecule has 0 amide bonds. The maximum Gasteiger partial charge on any atom is 0.306 e. The number of esters is 2. The van der Waals surface area contributed by atoms with Gasteiger partial charge in [0.25, 0.3) is 0 Å². The third-order valence-electron chi connectivity index (χ3n) is 2.68. The third kappa shape index (κ3) is 4.18. The highest BCUT2D eigenvalue weighted by atomic mass is 16.5. The van der Waals surface area contributed by atoms with Crippen LogP contribution in [0.3, 0.4) is 0 Å². The summed E-state index contributed by atoms with van der Waals surface area (Å²) in [6, 6.07) is 0. The first-order valence-corrected chi connectivity index (χ1v) is 5.64. The Kier molecular flexibility index (Phi) is 5.25. The second-order valence-corrected chi connectivity index (χ2v) is 3.88. The van der Waals surface area contributed by atoms with Crippen molar-refractivity contribution in [3.63, 3.8) is 0 Å². The zero-order valence-electron chi connectivity index (χ0n) is 9.90. The van der Waals surface area contributed by atoms with Gasteiger partial charge in [-0.05, 0) is 6.42 Å². The Labute approximate surface area is 95.7 Å². The molecule has 5 heteroatoms. The molecule has 1 unspecified atom stereocenters. The SMILES string of the molecule is CCC(=O)OC1CCN(CCC(=O)OC)C1. The number of hydrogen-bond donors (Lipinski definition) is 0. The highest BCUT2D eigenvalue weighted by Gasteiger charge is 2.25. The van der Waals surface area contributed by atoms with Gasteiger partial charge in [-0.1, -0.05) is 6.92 Å². The van der Waals surface area contributed by atoms with Crippen molar-refractivity contribution in [2.45, 2.75) is 32.3 Å². The Morgan fingerprint density at radius 2 is 2.12 bits per heavy atom. The molecule has 5 nitrogen and oxygen atoms in total. The molecule has 0 bridgehead atoms. The average molecular weight is 229 g/mol. The molecular formula is C11H19NO4. The van der Waals surface area contributed by atoms with Gasteiger partial charge < -0.3 is 9.47 Å². The largest absolute Gasteiger partial charge is 0.469 e. The molecule has 1 atom stereocenters. The highest BCUT2D eigenvalue weighted by Crippen LogP contribution is 2.13. The van der Waals surface area contributed by atoms with Crippen molar-refractivity contribution in [3.8, 4) is 0 Å². The first kappa shape index (κ1) is 13.0. The lowest BCUT2D eigenvalue weighted by atomic mass is 10.3. The molecule has 0 aromatic rings. The van der Waals surface area contributed by atoms with Gasteiger partial charge >= 0.3 is 11.9 Å². The van der Waals surface area contributed by atoms with Crippen molar-refractivity contribution in [1.82, 2.24) is 4.90 Å². The van der Waals surface area contributed by atoms with Gasteiger partial charge in [0.2, 0.25) is 0 Å². The first-order valence-electron chi connectivity index (χ1n) is 5.64. The van der Waals surface area contributed by atoms with E-state index in [9.17, 15) is 9.59 Å². The Hall–Kier alpha value is -1.10. The van der Waals surface area contributed by atoms with E-state index in [4.69, 9.17) is 4.74 Å². The molecule has 92 valence electrons. The first-order chi connectivity index (χ1) is 7.65. The van der Waals surface area contributed by atoms with E-state index in [2.05, 4.69) is 9.64 Å². The molecule has 1 heterocycles. The number of likely N-dealkylation sites (tertiary alicyclic amines) is 1. The van der Waals surface area contributed by atoms with E-state index in [0.717, 1.165) is 19.5 Å². The Bertz CT molecular complexity index is 254. The van der Waals surface area contributed by atoms with Crippen LogP contribution in [0, 0.1) is 0 Å². The number of carbonyl (C=O) groups is 2. The fourth-order valence-electron chi connectivity index (χ4n) is 1.72. The van der Waals surface area contributed by atoms with Crippen molar-refractivity contribution in [1.29, 1.82) is 0 Å². The normalized spacial score (nSPS) is 20.8. The van der Waals surface area contributed by atoms with E-state index in [0.29, 0.717) is 19.4 Å². The van der Waals surface area contributed by atoms with Crippen molar-refractivity contribution in [3.05, 3.63) is 0 Å². The minimum atomic E-state index is -0.200. The van der Waals surface area contributed by atoms with Crippen LogP contribution < -0.4 is 0 Å². The number of ether oxygens (including phenoxy) is 2. The summed E-state index contributed by atoms with van der Waals surface area (Å²) in [5.41, 5.74) is 0. The lowest BCUT2D eigenvalue weighted by molar-refractivity contribution is -0.148. The van der Waals surface area contributed by atoms with Crippen LogP contribution in [-0.2, 0) is 19.1 Å². The topological polar surface area (TPSA) is 55.8 Å². The maximum absolute atomic E-state index is 11.1. The smallest absolute Gasteiger partial charge is 0.306 e. The summed E-state index contributed by atoms with van der Waals surface area (Å²) in [4.78, 5) is 24.1. The van der Waals surface area contributed by atoms with Gasteiger partial charge in [-0.25, -0.2) is 0 Å².